The van der Waals surface area contributed by atoms with E-state index in [1.54, 1.807) is 11.3 Å². The lowest BCUT2D eigenvalue weighted by molar-refractivity contribution is 0.578. The molecule has 0 atom stereocenters. The number of fused-ring (bicyclic) bond motifs is 1. The lowest BCUT2D eigenvalue weighted by atomic mass is 10.1. The molecule has 0 bridgehead atoms. The van der Waals surface area contributed by atoms with Crippen LogP contribution < -0.4 is 10.2 Å². The van der Waals surface area contributed by atoms with Crippen molar-refractivity contribution in [3.05, 3.63) is 41.0 Å². The summed E-state index contributed by atoms with van der Waals surface area (Å²) in [6.07, 6.45) is 3.92. The summed E-state index contributed by atoms with van der Waals surface area (Å²) in [6, 6.07) is 10.5. The van der Waals surface area contributed by atoms with Gasteiger partial charge in [-0.05, 0) is 66.6 Å². The van der Waals surface area contributed by atoms with E-state index in [0.717, 1.165) is 34.8 Å². The monoisotopic (exact) mass is 344 g/mol. The number of rotatable bonds is 3. The predicted octanol–water partition coefficient (Wildman–Crippen LogP) is 5.08. The van der Waals surface area contributed by atoms with Gasteiger partial charge in [0.15, 0.2) is 0 Å². The number of nitrogens with one attached hydrogen (secondary N) is 1. The highest BCUT2D eigenvalue weighted by Crippen LogP contribution is 2.29. The number of anilines is 3. The Bertz CT molecular complexity index is 809. The first-order chi connectivity index (χ1) is 11.3. The average molecular weight is 345 g/mol. The first kappa shape index (κ1) is 14.7. The summed E-state index contributed by atoms with van der Waals surface area (Å²) in [5.74, 6) is 0.756. The molecule has 1 aromatic carbocycles. The summed E-state index contributed by atoms with van der Waals surface area (Å²) < 4.78 is 0. The Hall–Kier alpha value is -1.85. The Labute approximate surface area is 144 Å². The molecule has 1 aliphatic rings. The summed E-state index contributed by atoms with van der Waals surface area (Å²) in [4.78, 5) is 11.9. The molecular weight excluding hydrogens is 328 g/mol. The Morgan fingerprint density at radius 1 is 1.00 bits per heavy atom. The molecule has 3 aromatic rings. The van der Waals surface area contributed by atoms with Crippen LogP contribution in [0.3, 0.4) is 0 Å². The third kappa shape index (κ3) is 3.12. The van der Waals surface area contributed by atoms with Gasteiger partial charge in [-0.15, -0.1) is 11.3 Å². The lowest BCUT2D eigenvalue weighted by Crippen LogP contribution is -2.29. The van der Waals surface area contributed by atoms with E-state index in [9.17, 15) is 0 Å². The van der Waals surface area contributed by atoms with E-state index in [0.29, 0.717) is 0 Å². The molecule has 3 heterocycles. The van der Waals surface area contributed by atoms with Crippen molar-refractivity contribution in [2.75, 3.05) is 23.3 Å². The van der Waals surface area contributed by atoms with Gasteiger partial charge in [0.25, 0.3) is 0 Å². The van der Waals surface area contributed by atoms with E-state index < -0.39 is 0 Å². The van der Waals surface area contributed by atoms with Crippen LogP contribution in [0.2, 0.25) is 5.28 Å². The number of thiophene rings is 1. The minimum Gasteiger partial charge on any atom is -0.372 e. The Morgan fingerprint density at radius 3 is 2.57 bits per heavy atom. The van der Waals surface area contributed by atoms with Crippen LogP contribution in [-0.4, -0.2) is 23.1 Å². The van der Waals surface area contributed by atoms with Gasteiger partial charge in [0.2, 0.25) is 5.28 Å². The van der Waals surface area contributed by atoms with Crippen molar-refractivity contribution in [3.63, 3.8) is 0 Å². The SMILES string of the molecule is Clc1nc(Nc2ccc(N3CCCCC3)cc2)c2ccsc2n1. The molecule has 0 saturated carbocycles. The number of aromatic nitrogens is 2. The first-order valence-corrected chi connectivity index (χ1v) is 9.08. The van der Waals surface area contributed by atoms with E-state index >= 15 is 0 Å². The summed E-state index contributed by atoms with van der Waals surface area (Å²) in [7, 11) is 0. The van der Waals surface area contributed by atoms with Crippen molar-refractivity contribution >= 4 is 50.3 Å². The largest absolute Gasteiger partial charge is 0.372 e. The molecule has 118 valence electrons. The van der Waals surface area contributed by atoms with Crippen LogP contribution in [-0.2, 0) is 0 Å². The lowest BCUT2D eigenvalue weighted by Gasteiger charge is -2.28. The highest BCUT2D eigenvalue weighted by molar-refractivity contribution is 7.16. The highest BCUT2D eigenvalue weighted by atomic mass is 35.5. The molecular formula is C17H17ClN4S. The second-order valence-corrected chi connectivity index (χ2v) is 6.93. The quantitative estimate of drug-likeness (QED) is 0.673. The van der Waals surface area contributed by atoms with Gasteiger partial charge in [-0.25, -0.2) is 4.98 Å². The smallest absolute Gasteiger partial charge is 0.225 e. The van der Waals surface area contributed by atoms with Crippen molar-refractivity contribution < 1.29 is 0 Å². The standard InChI is InChI=1S/C17H17ClN4S/c18-17-20-15(14-8-11-23-16(14)21-17)19-12-4-6-13(7-5-12)22-9-2-1-3-10-22/h4-8,11H,1-3,9-10H2,(H,19,20,21). The maximum atomic E-state index is 6.01. The van der Waals surface area contributed by atoms with Gasteiger partial charge in [-0.3, -0.25) is 0 Å². The first-order valence-electron chi connectivity index (χ1n) is 7.82. The summed E-state index contributed by atoms with van der Waals surface area (Å²) in [5.41, 5.74) is 2.30. The Balaban J connectivity index is 1.57. The maximum Gasteiger partial charge on any atom is 0.225 e. The second kappa shape index (κ2) is 6.34. The van der Waals surface area contributed by atoms with Crippen molar-refractivity contribution in [3.8, 4) is 0 Å². The zero-order valence-corrected chi connectivity index (χ0v) is 14.2. The minimum atomic E-state index is 0.271. The van der Waals surface area contributed by atoms with Gasteiger partial charge < -0.3 is 10.2 Å². The van der Waals surface area contributed by atoms with Crippen LogP contribution in [0, 0.1) is 0 Å². The number of piperidine rings is 1. The molecule has 0 amide bonds. The fourth-order valence-corrected chi connectivity index (χ4v) is 3.95. The topological polar surface area (TPSA) is 41.1 Å². The third-order valence-corrected chi connectivity index (χ3v) is 5.12. The zero-order valence-electron chi connectivity index (χ0n) is 12.6. The molecule has 2 aromatic heterocycles. The van der Waals surface area contributed by atoms with Crippen LogP contribution in [0.1, 0.15) is 19.3 Å². The zero-order chi connectivity index (χ0) is 15.6. The summed E-state index contributed by atoms with van der Waals surface area (Å²) in [6.45, 7) is 2.31. The Kier molecular flexibility index (Phi) is 4.06. The maximum absolute atomic E-state index is 6.01. The molecule has 6 heteroatoms. The van der Waals surface area contributed by atoms with Crippen LogP contribution in [0.4, 0.5) is 17.2 Å². The van der Waals surface area contributed by atoms with Crippen LogP contribution in [0.15, 0.2) is 35.7 Å². The molecule has 4 nitrogen and oxygen atoms in total. The minimum absolute atomic E-state index is 0.271. The van der Waals surface area contributed by atoms with Crippen molar-refractivity contribution in [1.29, 1.82) is 0 Å². The number of nitrogens with zero attached hydrogens (tertiary/aromatic N) is 3. The number of hydrogen-bond acceptors (Lipinski definition) is 5. The van der Waals surface area contributed by atoms with Gasteiger partial charge in [0.05, 0.1) is 5.39 Å². The fourth-order valence-electron chi connectivity index (χ4n) is 2.97. The number of benzene rings is 1. The van der Waals surface area contributed by atoms with Crippen LogP contribution in [0.25, 0.3) is 10.2 Å². The molecule has 23 heavy (non-hydrogen) atoms. The third-order valence-electron chi connectivity index (χ3n) is 4.15. The van der Waals surface area contributed by atoms with Crippen molar-refractivity contribution in [2.24, 2.45) is 0 Å². The van der Waals surface area contributed by atoms with Gasteiger partial charge in [-0.2, -0.15) is 4.98 Å². The van der Waals surface area contributed by atoms with Gasteiger partial charge in [0.1, 0.15) is 10.6 Å². The van der Waals surface area contributed by atoms with Crippen LogP contribution >= 0.6 is 22.9 Å². The molecule has 0 aliphatic carbocycles. The molecule has 1 aliphatic heterocycles. The summed E-state index contributed by atoms with van der Waals surface area (Å²) >= 11 is 7.58. The van der Waals surface area contributed by atoms with Crippen LogP contribution in [0.5, 0.6) is 0 Å². The molecule has 1 saturated heterocycles. The normalized spacial score (nSPS) is 15.1. The van der Waals surface area contributed by atoms with Crippen molar-refractivity contribution in [1.82, 2.24) is 9.97 Å². The van der Waals surface area contributed by atoms with Gasteiger partial charge in [0, 0.05) is 24.5 Å². The van der Waals surface area contributed by atoms with Crippen molar-refractivity contribution in [2.45, 2.75) is 19.3 Å². The number of halogens is 1. The van der Waals surface area contributed by atoms with Gasteiger partial charge in [-0.1, -0.05) is 0 Å². The van der Waals surface area contributed by atoms with Gasteiger partial charge >= 0.3 is 0 Å². The van der Waals surface area contributed by atoms with E-state index in [4.69, 9.17) is 11.6 Å². The molecule has 1 N–H and O–H groups in total. The van der Waals surface area contributed by atoms with E-state index in [1.165, 1.54) is 24.9 Å². The average Bonchev–Trinajstić information content (AvgIpc) is 3.05. The predicted molar refractivity (Wildman–Crippen MR) is 98.2 cm³/mol. The fraction of sp³-hybridized carbons (Fsp3) is 0.294. The highest BCUT2D eigenvalue weighted by Gasteiger charge is 2.11. The summed E-state index contributed by atoms with van der Waals surface area (Å²) in [5, 5.41) is 6.63. The molecule has 1 fully saturated rings. The molecule has 0 radical (unpaired) electrons. The second-order valence-electron chi connectivity index (χ2n) is 5.70. The van der Waals surface area contributed by atoms with E-state index in [2.05, 4.69) is 44.5 Å². The Morgan fingerprint density at radius 2 is 1.78 bits per heavy atom. The van der Waals surface area contributed by atoms with E-state index in [-0.39, 0.29) is 5.28 Å². The molecule has 4 rings (SSSR count). The molecule has 0 spiro atoms. The number of hydrogen-bond donors (Lipinski definition) is 1. The van der Waals surface area contributed by atoms with E-state index in [1.807, 2.05) is 11.4 Å². The molecule has 0 unspecified atom stereocenters.